The van der Waals surface area contributed by atoms with Crippen LogP contribution < -0.4 is 20.1 Å². The van der Waals surface area contributed by atoms with Crippen LogP contribution in [0.3, 0.4) is 0 Å². The smallest absolute Gasteiger partial charge is 0.238 e. The first-order chi connectivity index (χ1) is 18.0. The zero-order valence-electron chi connectivity index (χ0n) is 22.0. The van der Waals surface area contributed by atoms with Gasteiger partial charge in [-0.05, 0) is 65.8 Å². The summed E-state index contributed by atoms with van der Waals surface area (Å²) in [5, 5.41) is 6.05. The quantitative estimate of drug-likeness (QED) is 0.341. The molecule has 13 heteroatoms. The third-order valence-electron chi connectivity index (χ3n) is 5.98. The van der Waals surface area contributed by atoms with E-state index < -0.39 is 20.6 Å². The Morgan fingerprint density at radius 1 is 1.05 bits per heavy atom. The van der Waals surface area contributed by atoms with Crippen LogP contribution in [0.1, 0.15) is 39.2 Å². The average Bonchev–Trinajstić information content (AvgIpc) is 3.35. The second-order valence-corrected chi connectivity index (χ2v) is 12.5. The van der Waals surface area contributed by atoms with Crippen molar-refractivity contribution >= 4 is 39.1 Å². The molecule has 38 heavy (non-hydrogen) atoms. The minimum absolute atomic E-state index is 0.126. The standard InChI is InChI=1S/C25H33FN8O3S/c1-17-15-27-24(30-18-7-8-20(19(26)13-18)37-12-11-34-9-5-6-10-34)32-23(17)31-21-14-22(29-16-28-21)33-38(35,36)25(2,3)4/h7-8,13-16H,5-6,9-12H2,1-4H3,(H3,27,28,29,30,31,32,33). The molecular formula is C25H33FN8O3S. The van der Waals surface area contributed by atoms with Crippen LogP contribution in [0.25, 0.3) is 0 Å². The van der Waals surface area contributed by atoms with Crippen molar-refractivity contribution in [2.24, 2.45) is 0 Å². The number of ether oxygens (including phenoxy) is 1. The molecular weight excluding hydrogens is 511 g/mol. The molecule has 3 aromatic rings. The van der Waals surface area contributed by atoms with Crippen molar-refractivity contribution in [2.45, 2.75) is 45.3 Å². The van der Waals surface area contributed by atoms with Crippen LogP contribution in [0.4, 0.5) is 33.5 Å². The van der Waals surface area contributed by atoms with Crippen LogP contribution in [0.5, 0.6) is 5.75 Å². The third kappa shape index (κ3) is 7.04. The van der Waals surface area contributed by atoms with Gasteiger partial charge in [-0.3, -0.25) is 9.62 Å². The molecule has 0 aliphatic carbocycles. The summed E-state index contributed by atoms with van der Waals surface area (Å²) in [7, 11) is -3.65. The Bertz CT molecular complexity index is 1380. The molecule has 1 fully saturated rings. The highest BCUT2D eigenvalue weighted by molar-refractivity contribution is 7.94. The van der Waals surface area contributed by atoms with Crippen LogP contribution in [0.2, 0.25) is 0 Å². The van der Waals surface area contributed by atoms with Gasteiger partial charge in [0.2, 0.25) is 16.0 Å². The summed E-state index contributed by atoms with van der Waals surface area (Å²) >= 11 is 0. The summed E-state index contributed by atoms with van der Waals surface area (Å²) < 4.78 is 46.6. The van der Waals surface area contributed by atoms with Gasteiger partial charge < -0.3 is 15.4 Å². The average molecular weight is 545 g/mol. The molecule has 2 aromatic heterocycles. The first-order valence-corrected chi connectivity index (χ1v) is 13.9. The van der Waals surface area contributed by atoms with Gasteiger partial charge in [0.05, 0.1) is 4.75 Å². The Hall–Kier alpha value is -3.58. The van der Waals surface area contributed by atoms with Gasteiger partial charge in [0.1, 0.15) is 30.4 Å². The maximum Gasteiger partial charge on any atom is 0.238 e. The molecule has 1 aliphatic rings. The number of nitrogens with one attached hydrogen (secondary N) is 3. The van der Waals surface area contributed by atoms with Gasteiger partial charge in [-0.1, -0.05) is 0 Å². The lowest BCUT2D eigenvalue weighted by Crippen LogP contribution is -2.34. The molecule has 0 bridgehead atoms. The lowest BCUT2D eigenvalue weighted by molar-refractivity contribution is 0.231. The lowest BCUT2D eigenvalue weighted by atomic mass is 10.3. The molecule has 0 saturated carbocycles. The summed E-state index contributed by atoms with van der Waals surface area (Å²) in [5.74, 6) is 0.856. The van der Waals surface area contributed by atoms with E-state index in [0.717, 1.165) is 25.2 Å². The molecule has 1 saturated heterocycles. The lowest BCUT2D eigenvalue weighted by Gasteiger charge is -2.20. The number of anilines is 5. The molecule has 0 amide bonds. The maximum absolute atomic E-state index is 14.6. The molecule has 1 aromatic carbocycles. The first kappa shape index (κ1) is 27.5. The fourth-order valence-electron chi connectivity index (χ4n) is 3.64. The van der Waals surface area contributed by atoms with Crippen molar-refractivity contribution in [1.29, 1.82) is 0 Å². The topological polar surface area (TPSA) is 134 Å². The van der Waals surface area contributed by atoms with Crippen molar-refractivity contribution in [3.8, 4) is 5.75 Å². The predicted octanol–water partition coefficient (Wildman–Crippen LogP) is 4.22. The zero-order valence-corrected chi connectivity index (χ0v) is 22.8. The number of halogens is 1. The largest absolute Gasteiger partial charge is 0.489 e. The SMILES string of the molecule is Cc1cnc(Nc2ccc(OCCN3CCCC3)c(F)c2)nc1Nc1cc(NS(=O)(=O)C(C)(C)C)ncn1. The highest BCUT2D eigenvalue weighted by Gasteiger charge is 2.29. The highest BCUT2D eigenvalue weighted by Crippen LogP contribution is 2.25. The number of hydrogen-bond donors (Lipinski definition) is 3. The number of aryl methyl sites for hydroxylation is 1. The van der Waals surface area contributed by atoms with E-state index in [1.165, 1.54) is 31.3 Å². The summed E-state index contributed by atoms with van der Waals surface area (Å²) in [4.78, 5) is 19.2. The number of likely N-dealkylation sites (tertiary alicyclic amines) is 1. The molecule has 204 valence electrons. The van der Waals surface area contributed by atoms with E-state index in [1.807, 2.05) is 6.92 Å². The van der Waals surface area contributed by atoms with Crippen molar-refractivity contribution in [1.82, 2.24) is 24.8 Å². The zero-order chi connectivity index (χ0) is 27.3. The van der Waals surface area contributed by atoms with Crippen molar-refractivity contribution < 1.29 is 17.5 Å². The summed E-state index contributed by atoms with van der Waals surface area (Å²) in [6.45, 7) is 9.94. The number of rotatable bonds is 10. The van der Waals surface area contributed by atoms with E-state index in [-0.39, 0.29) is 17.5 Å². The number of aromatic nitrogens is 4. The van der Waals surface area contributed by atoms with Crippen molar-refractivity contribution in [3.63, 3.8) is 0 Å². The molecule has 0 unspecified atom stereocenters. The highest BCUT2D eigenvalue weighted by atomic mass is 32.2. The summed E-state index contributed by atoms with van der Waals surface area (Å²) in [6, 6.07) is 6.08. The molecule has 4 rings (SSSR count). The first-order valence-electron chi connectivity index (χ1n) is 12.4. The van der Waals surface area contributed by atoms with Crippen LogP contribution in [-0.4, -0.2) is 64.2 Å². The van der Waals surface area contributed by atoms with E-state index >= 15 is 0 Å². The van der Waals surface area contributed by atoms with Gasteiger partial charge >= 0.3 is 0 Å². The van der Waals surface area contributed by atoms with Gasteiger partial charge in [0.25, 0.3) is 0 Å². The van der Waals surface area contributed by atoms with Gasteiger partial charge in [-0.25, -0.2) is 27.8 Å². The minimum atomic E-state index is -3.65. The molecule has 1 aliphatic heterocycles. The Kier molecular flexibility index (Phi) is 8.26. The van der Waals surface area contributed by atoms with Crippen molar-refractivity contribution in [2.75, 3.05) is 41.6 Å². The van der Waals surface area contributed by atoms with Gasteiger partial charge in [-0.2, -0.15) is 4.98 Å². The van der Waals surface area contributed by atoms with Gasteiger partial charge in [0.15, 0.2) is 11.6 Å². The van der Waals surface area contributed by atoms with Crippen LogP contribution in [0, 0.1) is 12.7 Å². The van der Waals surface area contributed by atoms with Gasteiger partial charge in [-0.15, -0.1) is 0 Å². The van der Waals surface area contributed by atoms with E-state index in [0.29, 0.717) is 23.9 Å². The Morgan fingerprint density at radius 2 is 1.79 bits per heavy atom. The number of sulfonamides is 1. The Morgan fingerprint density at radius 3 is 2.50 bits per heavy atom. The second kappa shape index (κ2) is 11.4. The fraction of sp³-hybridized carbons (Fsp3) is 0.440. The Labute approximate surface area is 222 Å². The second-order valence-electron chi connectivity index (χ2n) is 10.0. The number of hydrogen-bond acceptors (Lipinski definition) is 10. The van der Waals surface area contributed by atoms with Crippen LogP contribution >= 0.6 is 0 Å². The Balaban J connectivity index is 1.41. The minimum Gasteiger partial charge on any atom is -0.489 e. The molecule has 11 nitrogen and oxygen atoms in total. The van der Waals surface area contributed by atoms with E-state index in [1.54, 1.807) is 39.1 Å². The fourth-order valence-corrected chi connectivity index (χ4v) is 4.33. The van der Waals surface area contributed by atoms with E-state index in [2.05, 4.69) is 40.2 Å². The van der Waals surface area contributed by atoms with Crippen LogP contribution in [-0.2, 0) is 10.0 Å². The summed E-state index contributed by atoms with van der Waals surface area (Å²) in [5.41, 5.74) is 1.18. The van der Waals surface area contributed by atoms with E-state index in [9.17, 15) is 12.8 Å². The molecule has 0 atom stereocenters. The molecule has 3 N–H and O–H groups in total. The van der Waals surface area contributed by atoms with Gasteiger partial charge in [0, 0.05) is 36.1 Å². The molecule has 3 heterocycles. The monoisotopic (exact) mass is 544 g/mol. The number of benzene rings is 1. The molecule has 0 radical (unpaired) electrons. The van der Waals surface area contributed by atoms with Crippen LogP contribution in [0.15, 0.2) is 36.8 Å². The normalized spacial score (nSPS) is 14.3. The maximum atomic E-state index is 14.6. The predicted molar refractivity (Wildman–Crippen MR) is 145 cm³/mol. The number of nitrogens with zero attached hydrogens (tertiary/aromatic N) is 5. The third-order valence-corrected chi connectivity index (χ3v) is 8.07. The van der Waals surface area contributed by atoms with Crippen molar-refractivity contribution in [3.05, 3.63) is 48.2 Å². The molecule has 0 spiro atoms. The summed E-state index contributed by atoms with van der Waals surface area (Å²) in [6.07, 6.45) is 5.25. The van der Waals surface area contributed by atoms with E-state index in [4.69, 9.17) is 4.74 Å².